The van der Waals surface area contributed by atoms with Crippen molar-refractivity contribution in [3.05, 3.63) is 36.5 Å². The summed E-state index contributed by atoms with van der Waals surface area (Å²) in [4.78, 5) is 0. The lowest BCUT2D eigenvalue weighted by atomic mass is 10.1. The molecule has 0 heterocycles. The summed E-state index contributed by atoms with van der Waals surface area (Å²) in [6, 6.07) is 3.64. The molecule has 48 valence electrons. The summed E-state index contributed by atoms with van der Waals surface area (Å²) in [7, 11) is 0. The van der Waals surface area contributed by atoms with Crippen molar-refractivity contribution in [2.75, 3.05) is 0 Å². The van der Waals surface area contributed by atoms with Crippen molar-refractivity contribution in [2.45, 2.75) is 0 Å². The molecule has 0 aliphatic carbocycles. The Morgan fingerprint density at radius 1 is 1.00 bits per heavy atom. The highest BCUT2D eigenvalue weighted by molar-refractivity contribution is 5.48. The molecule has 0 bridgehead atoms. The van der Waals surface area contributed by atoms with Gasteiger partial charge in [0.2, 0.25) is 0 Å². The van der Waals surface area contributed by atoms with Crippen molar-refractivity contribution in [2.24, 2.45) is 0 Å². The van der Waals surface area contributed by atoms with Gasteiger partial charge < -0.3 is 0 Å². The Morgan fingerprint density at radius 3 is 1.40 bits per heavy atom. The Hall–Kier alpha value is -1.80. The monoisotopic (exact) mass is 130 g/mol. The van der Waals surface area contributed by atoms with Gasteiger partial charge in [-0.15, -0.1) is 0 Å². The summed E-state index contributed by atoms with van der Waals surface area (Å²) in [6.45, 7) is 6.74. The molecule has 0 radical (unpaired) electrons. The molecule has 0 rings (SSSR count). The van der Waals surface area contributed by atoms with Gasteiger partial charge in [-0.1, -0.05) is 25.3 Å². The van der Waals surface area contributed by atoms with E-state index in [9.17, 15) is 0 Å². The molecule has 0 aliphatic rings. The van der Waals surface area contributed by atoms with Gasteiger partial charge in [0, 0.05) is 0 Å². The molecule has 0 saturated heterocycles. The topological polar surface area (TPSA) is 47.6 Å². The zero-order valence-corrected chi connectivity index (χ0v) is 5.46. The maximum absolute atomic E-state index is 8.38. The van der Waals surface area contributed by atoms with Gasteiger partial charge in [-0.3, -0.25) is 0 Å². The van der Waals surface area contributed by atoms with Gasteiger partial charge in [0.05, 0.1) is 11.1 Å². The molecule has 0 fully saturated rings. The van der Waals surface area contributed by atoms with Crippen molar-refractivity contribution < 1.29 is 0 Å². The Labute approximate surface area is 60.0 Å². The molecule has 10 heavy (non-hydrogen) atoms. The second-order valence-corrected chi connectivity index (χ2v) is 1.46. The van der Waals surface area contributed by atoms with Gasteiger partial charge in [0.25, 0.3) is 0 Å². The van der Waals surface area contributed by atoms with E-state index in [-0.39, 0.29) is 11.1 Å². The van der Waals surface area contributed by atoms with Crippen LogP contribution in [0.5, 0.6) is 0 Å². The van der Waals surface area contributed by atoms with Crippen LogP contribution in [0, 0.1) is 22.7 Å². The number of allylic oxidation sites excluding steroid dienone is 4. The molecule has 2 heteroatoms. The maximum atomic E-state index is 8.38. The third-order valence-electron chi connectivity index (χ3n) is 0.939. The van der Waals surface area contributed by atoms with Crippen molar-refractivity contribution in [3.63, 3.8) is 0 Å². The van der Waals surface area contributed by atoms with E-state index < -0.39 is 0 Å². The quantitative estimate of drug-likeness (QED) is 0.422. The van der Waals surface area contributed by atoms with Crippen molar-refractivity contribution >= 4 is 0 Å². The van der Waals surface area contributed by atoms with Gasteiger partial charge in [-0.05, 0) is 0 Å². The minimum absolute atomic E-state index is 0.262. The zero-order valence-electron chi connectivity index (χ0n) is 5.46. The van der Waals surface area contributed by atoms with E-state index in [0.29, 0.717) is 0 Å². The van der Waals surface area contributed by atoms with Crippen LogP contribution in [0.2, 0.25) is 0 Å². The highest BCUT2D eigenvalue weighted by Crippen LogP contribution is 2.03. The minimum Gasteiger partial charge on any atom is -0.192 e. The second kappa shape index (κ2) is 4.12. The third kappa shape index (κ3) is 1.61. The maximum Gasteiger partial charge on any atom is 0.100 e. The molecule has 0 atom stereocenters. The first-order valence-electron chi connectivity index (χ1n) is 2.59. The van der Waals surface area contributed by atoms with Crippen LogP contribution in [-0.2, 0) is 0 Å². The largest absolute Gasteiger partial charge is 0.192 e. The van der Waals surface area contributed by atoms with Crippen LogP contribution in [0.25, 0.3) is 0 Å². The summed E-state index contributed by atoms with van der Waals surface area (Å²) < 4.78 is 0. The summed E-state index contributed by atoms with van der Waals surface area (Å²) >= 11 is 0. The minimum atomic E-state index is 0.262. The lowest BCUT2D eigenvalue weighted by molar-refractivity contribution is 1.45. The van der Waals surface area contributed by atoms with Crippen LogP contribution >= 0.6 is 0 Å². The first kappa shape index (κ1) is 8.20. The Balaban J connectivity index is 4.98. The van der Waals surface area contributed by atoms with Crippen LogP contribution < -0.4 is 0 Å². The van der Waals surface area contributed by atoms with Gasteiger partial charge in [0.15, 0.2) is 0 Å². The third-order valence-corrected chi connectivity index (χ3v) is 0.939. The van der Waals surface area contributed by atoms with Gasteiger partial charge >= 0.3 is 0 Å². The molecule has 0 spiro atoms. The van der Waals surface area contributed by atoms with Crippen LogP contribution in [0.15, 0.2) is 36.5 Å². The Kier molecular flexibility index (Phi) is 3.38. The fourth-order valence-corrected chi connectivity index (χ4v) is 0.432. The first-order valence-corrected chi connectivity index (χ1v) is 2.59. The summed E-state index contributed by atoms with van der Waals surface area (Å²) in [5.74, 6) is 0. The highest BCUT2D eigenvalue weighted by atomic mass is 14.3. The number of rotatable bonds is 2. The Bertz CT molecular complexity index is 230. The van der Waals surface area contributed by atoms with Gasteiger partial charge in [-0.25, -0.2) is 0 Å². The van der Waals surface area contributed by atoms with Crippen LogP contribution in [-0.4, -0.2) is 0 Å². The molecule has 0 amide bonds. The standard InChI is InChI=1S/C8H6N2/c1-3-7(5-9)8(4-2)6-10/h3-4H,1-2H2/b8-7-. The predicted octanol–water partition coefficient (Wildman–Crippen LogP) is 1.70. The predicted molar refractivity (Wildman–Crippen MR) is 38.6 cm³/mol. The molecule has 0 aromatic rings. The van der Waals surface area contributed by atoms with E-state index in [4.69, 9.17) is 10.5 Å². The van der Waals surface area contributed by atoms with Crippen LogP contribution in [0.1, 0.15) is 0 Å². The lowest BCUT2D eigenvalue weighted by Crippen LogP contribution is -1.78. The summed E-state index contributed by atoms with van der Waals surface area (Å²) in [6.07, 6.45) is 2.67. The SMILES string of the molecule is C=C/C(C#N)=C(/C#N)C=C. The smallest absolute Gasteiger partial charge is 0.100 e. The fraction of sp³-hybridized carbons (Fsp3) is 0. The molecule has 0 N–H and O–H groups in total. The molecule has 0 aromatic carbocycles. The summed E-state index contributed by atoms with van der Waals surface area (Å²) in [5, 5.41) is 16.8. The van der Waals surface area contributed by atoms with Crippen molar-refractivity contribution in [1.29, 1.82) is 10.5 Å². The molecular weight excluding hydrogens is 124 g/mol. The van der Waals surface area contributed by atoms with Crippen LogP contribution in [0.4, 0.5) is 0 Å². The normalized spacial score (nSPS) is 10.2. The zero-order chi connectivity index (χ0) is 7.98. The first-order chi connectivity index (χ1) is 4.79. The van der Waals surface area contributed by atoms with E-state index in [1.165, 1.54) is 12.2 Å². The number of nitrogens with zero attached hydrogens (tertiary/aromatic N) is 2. The highest BCUT2D eigenvalue weighted by Gasteiger charge is 1.95. The van der Waals surface area contributed by atoms with E-state index in [2.05, 4.69) is 13.2 Å². The fourth-order valence-electron chi connectivity index (χ4n) is 0.432. The molecular formula is C8H6N2. The van der Waals surface area contributed by atoms with E-state index in [1.54, 1.807) is 0 Å². The molecule has 0 aromatic heterocycles. The molecule has 2 nitrogen and oxygen atoms in total. The van der Waals surface area contributed by atoms with Crippen LogP contribution in [0.3, 0.4) is 0 Å². The van der Waals surface area contributed by atoms with E-state index >= 15 is 0 Å². The van der Waals surface area contributed by atoms with Gasteiger partial charge in [-0.2, -0.15) is 10.5 Å². The van der Waals surface area contributed by atoms with Crippen molar-refractivity contribution in [3.8, 4) is 12.1 Å². The van der Waals surface area contributed by atoms with Crippen molar-refractivity contribution in [1.82, 2.24) is 0 Å². The number of hydrogen-bond acceptors (Lipinski definition) is 2. The molecule has 0 aliphatic heterocycles. The van der Waals surface area contributed by atoms with E-state index in [0.717, 1.165) is 0 Å². The summed E-state index contributed by atoms with van der Waals surface area (Å²) in [5.41, 5.74) is 0.523. The Morgan fingerprint density at radius 2 is 1.30 bits per heavy atom. The van der Waals surface area contributed by atoms with E-state index in [1.807, 2.05) is 12.1 Å². The lowest BCUT2D eigenvalue weighted by Gasteiger charge is -1.86. The number of nitriles is 2. The average molecular weight is 130 g/mol. The molecule has 0 unspecified atom stereocenters. The molecule has 0 saturated carbocycles. The second-order valence-electron chi connectivity index (χ2n) is 1.46. The number of hydrogen-bond donors (Lipinski definition) is 0. The van der Waals surface area contributed by atoms with Gasteiger partial charge in [0.1, 0.15) is 12.1 Å². The average Bonchev–Trinajstić information content (AvgIpc) is 2.00.